The maximum atomic E-state index is 9.13. The minimum Gasteiger partial charge on any atom is -0.370 e. The van der Waals surface area contributed by atoms with E-state index in [0.29, 0.717) is 10.3 Å². The number of pyridine rings is 1. The lowest BCUT2D eigenvalue weighted by atomic mass is 9.91. The molecule has 1 aromatic rings. The van der Waals surface area contributed by atoms with Crippen molar-refractivity contribution < 1.29 is 0 Å². The molecular formula is C14H17N3S. The van der Waals surface area contributed by atoms with Crippen molar-refractivity contribution in [1.29, 1.82) is 5.26 Å². The van der Waals surface area contributed by atoms with Crippen LogP contribution in [0, 0.1) is 11.3 Å². The summed E-state index contributed by atoms with van der Waals surface area (Å²) in [6, 6.07) is 4.22. The number of hydrogen-bond acceptors (Lipinski definition) is 4. The largest absolute Gasteiger partial charge is 0.370 e. The summed E-state index contributed by atoms with van der Waals surface area (Å²) >= 11 is 2.17. The van der Waals surface area contributed by atoms with Gasteiger partial charge in [0.25, 0.3) is 0 Å². The van der Waals surface area contributed by atoms with Crippen LogP contribution in [0.1, 0.15) is 31.2 Å². The Labute approximate surface area is 112 Å². The Morgan fingerprint density at radius 2 is 2.17 bits per heavy atom. The summed E-state index contributed by atoms with van der Waals surface area (Å²) in [7, 11) is 0. The number of nitrogens with zero attached hydrogens (tertiary/aromatic N) is 3. The van der Waals surface area contributed by atoms with E-state index in [4.69, 9.17) is 5.26 Å². The molecular weight excluding hydrogens is 242 g/mol. The number of aromatic nitrogens is 1. The summed E-state index contributed by atoms with van der Waals surface area (Å²) in [5, 5.41) is 9.13. The minimum absolute atomic E-state index is 0.552. The van der Waals surface area contributed by atoms with Gasteiger partial charge in [0, 0.05) is 30.2 Å². The molecule has 0 unspecified atom stereocenters. The predicted octanol–water partition coefficient (Wildman–Crippen LogP) is 2.82. The number of rotatable bonds is 1. The monoisotopic (exact) mass is 259 g/mol. The summed E-state index contributed by atoms with van der Waals surface area (Å²) < 4.78 is 0.552. The number of anilines is 1. The number of thioether (sulfide) groups is 1. The second-order valence-electron chi connectivity index (χ2n) is 5.13. The fourth-order valence-electron chi connectivity index (χ4n) is 3.05. The summed E-state index contributed by atoms with van der Waals surface area (Å²) in [4.78, 5) is 6.38. The highest BCUT2D eigenvalue weighted by Crippen LogP contribution is 2.46. The summed E-state index contributed by atoms with van der Waals surface area (Å²) in [6.45, 7) is 2.15. The summed E-state index contributed by atoms with van der Waals surface area (Å²) in [5.74, 6) is 1.33. The Morgan fingerprint density at radius 3 is 2.83 bits per heavy atom. The normalized spacial score (nSPS) is 22.1. The molecule has 3 heterocycles. The van der Waals surface area contributed by atoms with Crippen LogP contribution in [0.2, 0.25) is 0 Å². The number of piperidine rings is 1. The van der Waals surface area contributed by atoms with Gasteiger partial charge in [0.15, 0.2) is 0 Å². The van der Waals surface area contributed by atoms with Gasteiger partial charge in [-0.1, -0.05) is 0 Å². The van der Waals surface area contributed by atoms with Gasteiger partial charge in [-0.3, -0.25) is 4.98 Å². The molecule has 2 aliphatic heterocycles. The molecule has 0 aliphatic carbocycles. The van der Waals surface area contributed by atoms with Crippen LogP contribution in [0.3, 0.4) is 0 Å². The Hall–Kier alpha value is -1.21. The fraction of sp³-hybridized carbons (Fsp3) is 0.571. The van der Waals surface area contributed by atoms with Gasteiger partial charge in [-0.2, -0.15) is 17.0 Å². The summed E-state index contributed by atoms with van der Waals surface area (Å²) in [6.07, 6.45) is 8.72. The molecule has 0 saturated carbocycles. The molecule has 0 amide bonds. The first-order chi connectivity index (χ1) is 8.83. The zero-order valence-corrected chi connectivity index (χ0v) is 11.2. The van der Waals surface area contributed by atoms with Crippen molar-refractivity contribution in [2.75, 3.05) is 23.7 Å². The molecule has 2 fully saturated rings. The third-order valence-electron chi connectivity index (χ3n) is 4.12. The molecule has 18 heavy (non-hydrogen) atoms. The number of nitriles is 1. The lowest BCUT2D eigenvalue weighted by molar-refractivity contribution is 0.436. The molecule has 2 saturated heterocycles. The zero-order valence-electron chi connectivity index (χ0n) is 10.4. The molecule has 4 heteroatoms. The van der Waals surface area contributed by atoms with E-state index < -0.39 is 0 Å². The number of hydrogen-bond donors (Lipinski definition) is 0. The molecule has 0 N–H and O–H groups in total. The van der Waals surface area contributed by atoms with Gasteiger partial charge >= 0.3 is 0 Å². The van der Waals surface area contributed by atoms with Gasteiger partial charge in [0.2, 0.25) is 0 Å². The van der Waals surface area contributed by atoms with Crippen LogP contribution in [0.25, 0.3) is 0 Å². The standard InChI is InChI=1S/C14H17N3S/c15-10-12-11-16-6-2-13(12)17-7-4-14(5-8-17)3-1-9-18-14/h2,6,11H,1,3-5,7-9H2. The van der Waals surface area contributed by atoms with Crippen molar-refractivity contribution in [1.82, 2.24) is 4.98 Å². The maximum absolute atomic E-state index is 9.13. The van der Waals surface area contributed by atoms with Crippen molar-refractivity contribution in [2.45, 2.75) is 30.4 Å². The van der Waals surface area contributed by atoms with Crippen LogP contribution in [0.5, 0.6) is 0 Å². The van der Waals surface area contributed by atoms with Crippen LogP contribution in [0.15, 0.2) is 18.5 Å². The van der Waals surface area contributed by atoms with Gasteiger partial charge in [0.05, 0.1) is 11.3 Å². The third kappa shape index (κ3) is 2.08. The fourth-order valence-corrected chi connectivity index (χ4v) is 4.54. The average molecular weight is 259 g/mol. The molecule has 3 nitrogen and oxygen atoms in total. The molecule has 0 aromatic carbocycles. The lowest BCUT2D eigenvalue weighted by Gasteiger charge is -2.40. The van der Waals surface area contributed by atoms with E-state index in [1.54, 1.807) is 12.4 Å². The molecule has 94 valence electrons. The smallest absolute Gasteiger partial charge is 0.103 e. The van der Waals surface area contributed by atoms with Gasteiger partial charge in [-0.15, -0.1) is 0 Å². The van der Waals surface area contributed by atoms with Gasteiger partial charge in [-0.25, -0.2) is 0 Å². The van der Waals surface area contributed by atoms with E-state index in [-0.39, 0.29) is 0 Å². The highest BCUT2D eigenvalue weighted by Gasteiger charge is 2.38. The molecule has 3 rings (SSSR count). The first kappa shape index (κ1) is 11.9. The van der Waals surface area contributed by atoms with Crippen molar-refractivity contribution in [3.05, 3.63) is 24.0 Å². The van der Waals surface area contributed by atoms with Crippen molar-refractivity contribution in [2.24, 2.45) is 0 Å². The second-order valence-corrected chi connectivity index (χ2v) is 6.69. The van der Waals surface area contributed by atoms with E-state index in [2.05, 4.69) is 27.7 Å². The van der Waals surface area contributed by atoms with E-state index in [1.807, 2.05) is 6.07 Å². The molecule has 0 bridgehead atoms. The van der Waals surface area contributed by atoms with Crippen LogP contribution in [-0.2, 0) is 0 Å². The topological polar surface area (TPSA) is 39.9 Å². The van der Waals surface area contributed by atoms with Gasteiger partial charge < -0.3 is 4.90 Å². The second kappa shape index (κ2) is 4.81. The highest BCUT2D eigenvalue weighted by atomic mass is 32.2. The highest BCUT2D eigenvalue weighted by molar-refractivity contribution is 8.00. The average Bonchev–Trinajstić information content (AvgIpc) is 2.88. The molecule has 1 spiro atoms. The van der Waals surface area contributed by atoms with Crippen LogP contribution >= 0.6 is 11.8 Å². The zero-order chi connectivity index (χ0) is 12.4. The van der Waals surface area contributed by atoms with Gasteiger partial charge in [0.1, 0.15) is 6.07 Å². The summed E-state index contributed by atoms with van der Waals surface area (Å²) in [5.41, 5.74) is 1.76. The Kier molecular flexibility index (Phi) is 3.17. The Balaban J connectivity index is 1.74. The molecule has 2 aliphatic rings. The quantitative estimate of drug-likeness (QED) is 0.777. The Morgan fingerprint density at radius 1 is 1.33 bits per heavy atom. The van der Waals surface area contributed by atoms with E-state index in [1.165, 1.54) is 31.4 Å². The lowest BCUT2D eigenvalue weighted by Crippen LogP contribution is -2.41. The van der Waals surface area contributed by atoms with E-state index >= 15 is 0 Å². The SMILES string of the molecule is N#Cc1cnccc1N1CCC2(CCCS2)CC1. The first-order valence-electron chi connectivity index (χ1n) is 6.56. The van der Waals surface area contributed by atoms with Crippen molar-refractivity contribution in [3.63, 3.8) is 0 Å². The van der Waals surface area contributed by atoms with E-state index in [0.717, 1.165) is 18.8 Å². The predicted molar refractivity (Wildman–Crippen MR) is 74.8 cm³/mol. The van der Waals surface area contributed by atoms with Crippen LogP contribution < -0.4 is 4.90 Å². The van der Waals surface area contributed by atoms with Crippen LogP contribution in [0.4, 0.5) is 5.69 Å². The van der Waals surface area contributed by atoms with Crippen molar-refractivity contribution in [3.8, 4) is 6.07 Å². The third-order valence-corrected chi connectivity index (χ3v) is 5.84. The molecule has 0 radical (unpaired) electrons. The maximum Gasteiger partial charge on any atom is 0.103 e. The van der Waals surface area contributed by atoms with Crippen molar-refractivity contribution >= 4 is 17.4 Å². The molecule has 1 aromatic heterocycles. The van der Waals surface area contributed by atoms with Crippen LogP contribution in [-0.4, -0.2) is 28.6 Å². The molecule has 0 atom stereocenters. The minimum atomic E-state index is 0.552. The Bertz CT molecular complexity index is 464. The van der Waals surface area contributed by atoms with Gasteiger partial charge in [-0.05, 0) is 37.5 Å². The first-order valence-corrected chi connectivity index (χ1v) is 7.55. The van der Waals surface area contributed by atoms with E-state index in [9.17, 15) is 0 Å².